The first kappa shape index (κ1) is 18.2. The first-order valence-corrected chi connectivity index (χ1v) is 8.39. The van der Waals surface area contributed by atoms with Crippen molar-refractivity contribution >= 4 is 23.3 Å². The molecule has 0 radical (unpaired) electrons. The Balaban J connectivity index is 0.00000196. The van der Waals surface area contributed by atoms with Crippen LogP contribution in [0.2, 0.25) is 0 Å². The molecule has 0 aliphatic rings. The molecular weight excluding hydrogens is 347 g/mol. The van der Waals surface area contributed by atoms with E-state index in [4.69, 9.17) is 0 Å². The predicted molar refractivity (Wildman–Crippen MR) is 107 cm³/mol. The Morgan fingerprint density at radius 1 is 0.923 bits per heavy atom. The second-order valence-electron chi connectivity index (χ2n) is 6.34. The van der Waals surface area contributed by atoms with Crippen LogP contribution in [-0.2, 0) is 6.54 Å². The standard InChI is InChI=1S/C22H19FN2.ClH/c1-15-16(2)25(14-17-6-4-3-5-7-17)22-20(15)12-13-24-21(22)18-8-10-19(23)11-9-18;/h3-13H,14H2,1-2H3;1H. The van der Waals surface area contributed by atoms with E-state index in [0.29, 0.717) is 0 Å². The smallest absolute Gasteiger partial charge is 0.123 e. The maximum atomic E-state index is 13.3. The van der Waals surface area contributed by atoms with Crippen molar-refractivity contribution in [2.45, 2.75) is 20.4 Å². The van der Waals surface area contributed by atoms with Crippen LogP contribution in [0.3, 0.4) is 0 Å². The number of aryl methyl sites for hydroxylation is 1. The highest BCUT2D eigenvalue weighted by molar-refractivity contribution is 5.95. The van der Waals surface area contributed by atoms with E-state index in [1.54, 1.807) is 12.1 Å². The lowest BCUT2D eigenvalue weighted by molar-refractivity contribution is 0.628. The molecule has 0 saturated heterocycles. The normalized spacial score (nSPS) is 10.7. The van der Waals surface area contributed by atoms with Crippen molar-refractivity contribution in [2.75, 3.05) is 0 Å². The minimum atomic E-state index is -0.233. The van der Waals surface area contributed by atoms with Crippen LogP contribution in [0.25, 0.3) is 22.2 Å². The molecule has 0 amide bonds. The van der Waals surface area contributed by atoms with Gasteiger partial charge in [0.1, 0.15) is 5.82 Å². The van der Waals surface area contributed by atoms with Crippen molar-refractivity contribution in [3.63, 3.8) is 0 Å². The summed E-state index contributed by atoms with van der Waals surface area (Å²) in [6.45, 7) is 5.08. The van der Waals surface area contributed by atoms with Gasteiger partial charge >= 0.3 is 0 Å². The van der Waals surface area contributed by atoms with E-state index < -0.39 is 0 Å². The third kappa shape index (κ3) is 3.11. The van der Waals surface area contributed by atoms with E-state index in [-0.39, 0.29) is 18.2 Å². The van der Waals surface area contributed by atoms with Crippen molar-refractivity contribution in [2.24, 2.45) is 0 Å². The molecule has 0 bridgehead atoms. The number of fused-ring (bicyclic) bond motifs is 1. The fourth-order valence-corrected chi connectivity index (χ4v) is 3.38. The van der Waals surface area contributed by atoms with Crippen molar-refractivity contribution in [1.29, 1.82) is 0 Å². The molecule has 0 unspecified atom stereocenters. The van der Waals surface area contributed by atoms with Gasteiger partial charge in [0.05, 0.1) is 11.2 Å². The SMILES string of the molecule is Cc1c(C)n(Cc2ccccc2)c2c(-c3ccc(F)cc3)nccc12.Cl. The number of halogens is 2. The predicted octanol–water partition coefficient (Wildman–Crippen LogP) is 5.93. The summed E-state index contributed by atoms with van der Waals surface area (Å²) < 4.78 is 15.6. The Kier molecular flexibility index (Phi) is 5.10. The lowest BCUT2D eigenvalue weighted by atomic mass is 10.1. The van der Waals surface area contributed by atoms with Gasteiger partial charge in [-0.1, -0.05) is 30.3 Å². The van der Waals surface area contributed by atoms with Gasteiger partial charge in [0, 0.05) is 29.4 Å². The van der Waals surface area contributed by atoms with Crippen LogP contribution in [0.15, 0.2) is 66.9 Å². The third-order valence-corrected chi connectivity index (χ3v) is 4.85. The van der Waals surface area contributed by atoms with Crippen molar-refractivity contribution in [3.8, 4) is 11.3 Å². The number of rotatable bonds is 3. The second-order valence-corrected chi connectivity index (χ2v) is 6.34. The quantitative estimate of drug-likeness (QED) is 0.439. The highest BCUT2D eigenvalue weighted by atomic mass is 35.5. The van der Waals surface area contributed by atoms with Gasteiger partial charge in [0.15, 0.2) is 0 Å². The number of benzene rings is 2. The van der Waals surface area contributed by atoms with Crippen molar-refractivity contribution < 1.29 is 4.39 Å². The van der Waals surface area contributed by atoms with Gasteiger partial charge in [0.2, 0.25) is 0 Å². The van der Waals surface area contributed by atoms with Crippen LogP contribution >= 0.6 is 12.4 Å². The van der Waals surface area contributed by atoms with Crippen LogP contribution in [0.5, 0.6) is 0 Å². The lowest BCUT2D eigenvalue weighted by Crippen LogP contribution is -2.03. The summed E-state index contributed by atoms with van der Waals surface area (Å²) in [6, 6.07) is 19.0. The molecule has 0 saturated carbocycles. The Bertz CT molecular complexity index is 1040. The van der Waals surface area contributed by atoms with E-state index in [1.807, 2.05) is 12.3 Å². The summed E-state index contributed by atoms with van der Waals surface area (Å²) >= 11 is 0. The van der Waals surface area contributed by atoms with E-state index in [1.165, 1.54) is 34.3 Å². The summed E-state index contributed by atoms with van der Waals surface area (Å²) in [5.74, 6) is -0.233. The van der Waals surface area contributed by atoms with Gasteiger partial charge in [-0.05, 0) is 55.3 Å². The molecule has 132 valence electrons. The molecule has 2 nitrogen and oxygen atoms in total. The van der Waals surface area contributed by atoms with Crippen LogP contribution in [0.1, 0.15) is 16.8 Å². The van der Waals surface area contributed by atoms with Crippen LogP contribution < -0.4 is 0 Å². The molecular formula is C22H20ClFN2. The Morgan fingerprint density at radius 3 is 2.31 bits per heavy atom. The fourth-order valence-electron chi connectivity index (χ4n) is 3.38. The van der Waals surface area contributed by atoms with Crippen LogP contribution in [0, 0.1) is 19.7 Å². The van der Waals surface area contributed by atoms with Crippen LogP contribution in [-0.4, -0.2) is 9.55 Å². The van der Waals surface area contributed by atoms with Crippen LogP contribution in [0.4, 0.5) is 4.39 Å². The fraction of sp³-hybridized carbons (Fsp3) is 0.136. The molecule has 26 heavy (non-hydrogen) atoms. The minimum Gasteiger partial charge on any atom is -0.338 e. The monoisotopic (exact) mass is 366 g/mol. The molecule has 4 aromatic rings. The zero-order valence-electron chi connectivity index (χ0n) is 14.7. The summed E-state index contributed by atoms with van der Waals surface area (Å²) in [6.07, 6.45) is 1.83. The number of pyridine rings is 1. The molecule has 2 aromatic heterocycles. The maximum absolute atomic E-state index is 13.3. The van der Waals surface area contributed by atoms with Gasteiger partial charge in [-0.25, -0.2) is 4.39 Å². The van der Waals surface area contributed by atoms with E-state index in [2.05, 4.69) is 53.7 Å². The first-order valence-electron chi connectivity index (χ1n) is 8.39. The number of hydrogen-bond acceptors (Lipinski definition) is 1. The molecule has 0 atom stereocenters. The largest absolute Gasteiger partial charge is 0.338 e. The number of hydrogen-bond donors (Lipinski definition) is 0. The van der Waals surface area contributed by atoms with Gasteiger partial charge in [-0.2, -0.15) is 0 Å². The molecule has 0 fully saturated rings. The molecule has 2 aromatic carbocycles. The van der Waals surface area contributed by atoms with E-state index in [9.17, 15) is 4.39 Å². The lowest BCUT2D eigenvalue weighted by Gasteiger charge is -2.11. The summed E-state index contributed by atoms with van der Waals surface area (Å²) in [5.41, 5.74) is 6.67. The molecule has 0 N–H and O–H groups in total. The van der Waals surface area contributed by atoms with Gasteiger partial charge in [-0.15, -0.1) is 12.4 Å². The molecule has 0 spiro atoms. The molecule has 2 heterocycles. The average molecular weight is 367 g/mol. The highest BCUT2D eigenvalue weighted by Gasteiger charge is 2.16. The molecule has 4 rings (SSSR count). The summed E-state index contributed by atoms with van der Waals surface area (Å²) in [4.78, 5) is 4.62. The van der Waals surface area contributed by atoms with Gasteiger partial charge < -0.3 is 4.57 Å². The molecule has 0 aliphatic carbocycles. The third-order valence-electron chi connectivity index (χ3n) is 4.85. The number of nitrogens with zero attached hydrogens (tertiary/aromatic N) is 2. The Hall–Kier alpha value is -2.65. The minimum absolute atomic E-state index is 0. The maximum Gasteiger partial charge on any atom is 0.123 e. The first-order chi connectivity index (χ1) is 12.1. The molecule has 0 aliphatic heterocycles. The van der Waals surface area contributed by atoms with E-state index >= 15 is 0 Å². The zero-order chi connectivity index (χ0) is 17.4. The van der Waals surface area contributed by atoms with Gasteiger partial charge in [0.25, 0.3) is 0 Å². The van der Waals surface area contributed by atoms with Crippen molar-refractivity contribution in [1.82, 2.24) is 9.55 Å². The number of aromatic nitrogens is 2. The Labute approximate surface area is 158 Å². The summed E-state index contributed by atoms with van der Waals surface area (Å²) in [5, 5.41) is 1.20. The van der Waals surface area contributed by atoms with Gasteiger partial charge in [-0.3, -0.25) is 4.98 Å². The average Bonchev–Trinajstić information content (AvgIpc) is 2.88. The summed E-state index contributed by atoms with van der Waals surface area (Å²) in [7, 11) is 0. The molecule has 4 heteroatoms. The van der Waals surface area contributed by atoms with E-state index in [0.717, 1.165) is 23.3 Å². The zero-order valence-corrected chi connectivity index (χ0v) is 15.6. The Morgan fingerprint density at radius 2 is 1.62 bits per heavy atom. The highest BCUT2D eigenvalue weighted by Crippen LogP contribution is 2.32. The second kappa shape index (κ2) is 7.30. The topological polar surface area (TPSA) is 17.8 Å². The van der Waals surface area contributed by atoms with Crippen molar-refractivity contribution in [3.05, 3.63) is 89.5 Å².